The average molecular weight is 446 g/mol. The van der Waals surface area contributed by atoms with Crippen LogP contribution in [0.4, 0.5) is 4.79 Å². The van der Waals surface area contributed by atoms with Crippen molar-refractivity contribution in [2.24, 2.45) is 5.92 Å². The van der Waals surface area contributed by atoms with Gasteiger partial charge in [-0.05, 0) is 5.92 Å². The second-order valence-electron chi connectivity index (χ2n) is 7.56. The van der Waals surface area contributed by atoms with E-state index in [0.29, 0.717) is 11.4 Å². The van der Waals surface area contributed by atoms with E-state index in [2.05, 4.69) is 15.3 Å². The van der Waals surface area contributed by atoms with Crippen LogP contribution in [-0.2, 0) is 4.79 Å². The molecule has 1 aromatic heterocycles. The van der Waals surface area contributed by atoms with E-state index in [1.807, 2.05) is 44.2 Å². The van der Waals surface area contributed by atoms with Gasteiger partial charge in [0.05, 0.1) is 0 Å². The van der Waals surface area contributed by atoms with Gasteiger partial charge in [0.2, 0.25) is 5.91 Å². The predicted octanol–water partition coefficient (Wildman–Crippen LogP) is 2.37. The number of hydrogen-bond donors (Lipinski definition) is 2. The Kier molecular flexibility index (Phi) is 7.06. The summed E-state index contributed by atoms with van der Waals surface area (Å²) in [6.45, 7) is 4.70. The summed E-state index contributed by atoms with van der Waals surface area (Å²) < 4.78 is 0. The third-order valence-corrected chi connectivity index (χ3v) is 5.23. The molecule has 164 valence electrons. The van der Waals surface area contributed by atoms with Crippen molar-refractivity contribution in [1.29, 1.82) is 0 Å². The molecular weight excluding hydrogens is 422 g/mol. The van der Waals surface area contributed by atoms with E-state index < -0.39 is 18.0 Å². The Morgan fingerprint density at radius 2 is 1.65 bits per heavy atom. The smallest absolute Gasteiger partial charge is 0.407 e. The molecule has 9 nitrogen and oxygen atoms in total. The van der Waals surface area contributed by atoms with Gasteiger partial charge in [-0.1, -0.05) is 55.8 Å². The van der Waals surface area contributed by atoms with Crippen molar-refractivity contribution in [3.8, 4) is 11.4 Å². The van der Waals surface area contributed by atoms with Gasteiger partial charge in [-0.25, -0.2) is 14.8 Å². The summed E-state index contributed by atoms with van der Waals surface area (Å²) in [5, 5.41) is 12.0. The number of amides is 3. The van der Waals surface area contributed by atoms with Crippen LogP contribution in [0.2, 0.25) is 5.15 Å². The molecule has 1 aliphatic rings. The Morgan fingerprint density at radius 3 is 2.23 bits per heavy atom. The normalized spacial score (nSPS) is 15.0. The van der Waals surface area contributed by atoms with E-state index in [-0.39, 0.29) is 48.9 Å². The molecule has 0 unspecified atom stereocenters. The van der Waals surface area contributed by atoms with Gasteiger partial charge in [0, 0.05) is 37.8 Å². The molecule has 1 aromatic carbocycles. The molecule has 0 spiro atoms. The van der Waals surface area contributed by atoms with Crippen LogP contribution in [0.1, 0.15) is 24.3 Å². The fourth-order valence-corrected chi connectivity index (χ4v) is 3.48. The van der Waals surface area contributed by atoms with E-state index in [1.54, 1.807) is 4.90 Å². The van der Waals surface area contributed by atoms with Crippen molar-refractivity contribution in [3.05, 3.63) is 47.2 Å². The summed E-state index contributed by atoms with van der Waals surface area (Å²) in [4.78, 5) is 48.3. The van der Waals surface area contributed by atoms with Crippen LogP contribution in [0.25, 0.3) is 11.4 Å². The molecule has 2 aromatic rings. The maximum atomic E-state index is 13.0. The quantitative estimate of drug-likeness (QED) is 0.682. The minimum absolute atomic E-state index is 0.0630. The van der Waals surface area contributed by atoms with Crippen LogP contribution in [0.3, 0.4) is 0 Å². The molecule has 2 N–H and O–H groups in total. The van der Waals surface area contributed by atoms with Gasteiger partial charge in [-0.2, -0.15) is 0 Å². The molecule has 0 bridgehead atoms. The standard InChI is InChI=1S/C21H24ClN5O4/c1-13(2)17(20(29)26-8-10-27(11-9-26)21(30)31)25-19(28)15-12-16(22)24-18(23-15)14-6-4-3-5-7-14/h3-7,12-13,17H,8-11H2,1-2H3,(H,25,28)(H,30,31)/t17-/m0/s1. The summed E-state index contributed by atoms with van der Waals surface area (Å²) in [5.74, 6) is -0.648. The van der Waals surface area contributed by atoms with Gasteiger partial charge in [0.25, 0.3) is 5.91 Å². The predicted molar refractivity (Wildman–Crippen MR) is 115 cm³/mol. The molecule has 1 aliphatic heterocycles. The van der Waals surface area contributed by atoms with Crippen molar-refractivity contribution in [1.82, 2.24) is 25.1 Å². The topological polar surface area (TPSA) is 116 Å². The Bertz CT molecular complexity index is 961. The number of nitrogens with zero attached hydrogens (tertiary/aromatic N) is 4. The molecule has 2 heterocycles. The number of carbonyl (C=O) groups is 3. The lowest BCUT2D eigenvalue weighted by Crippen LogP contribution is -2.57. The average Bonchev–Trinajstić information content (AvgIpc) is 2.76. The zero-order valence-corrected chi connectivity index (χ0v) is 18.0. The maximum absolute atomic E-state index is 13.0. The van der Waals surface area contributed by atoms with Crippen LogP contribution < -0.4 is 5.32 Å². The maximum Gasteiger partial charge on any atom is 0.407 e. The van der Waals surface area contributed by atoms with Crippen molar-refractivity contribution in [3.63, 3.8) is 0 Å². The Hall–Kier alpha value is -3.20. The molecule has 1 fully saturated rings. The van der Waals surface area contributed by atoms with Gasteiger partial charge >= 0.3 is 6.09 Å². The number of nitrogens with one attached hydrogen (secondary N) is 1. The third kappa shape index (κ3) is 5.49. The fourth-order valence-electron chi connectivity index (χ4n) is 3.29. The fraction of sp³-hybridized carbons (Fsp3) is 0.381. The van der Waals surface area contributed by atoms with Gasteiger partial charge in [0.15, 0.2) is 5.82 Å². The van der Waals surface area contributed by atoms with Crippen LogP contribution in [0, 0.1) is 5.92 Å². The van der Waals surface area contributed by atoms with Gasteiger partial charge in [-0.15, -0.1) is 0 Å². The van der Waals surface area contributed by atoms with Crippen molar-refractivity contribution >= 4 is 29.5 Å². The van der Waals surface area contributed by atoms with Crippen molar-refractivity contribution in [2.75, 3.05) is 26.2 Å². The number of halogens is 1. The lowest BCUT2D eigenvalue weighted by molar-refractivity contribution is -0.135. The van der Waals surface area contributed by atoms with Crippen molar-refractivity contribution in [2.45, 2.75) is 19.9 Å². The van der Waals surface area contributed by atoms with Gasteiger partial charge in [0.1, 0.15) is 16.9 Å². The molecule has 3 amide bonds. The molecule has 0 aliphatic carbocycles. The summed E-state index contributed by atoms with van der Waals surface area (Å²) in [7, 11) is 0. The highest BCUT2D eigenvalue weighted by atomic mass is 35.5. The zero-order valence-electron chi connectivity index (χ0n) is 17.3. The Morgan fingerprint density at radius 1 is 1.03 bits per heavy atom. The Labute approximate surface area is 185 Å². The highest BCUT2D eigenvalue weighted by Crippen LogP contribution is 2.18. The zero-order chi connectivity index (χ0) is 22.5. The Balaban J connectivity index is 1.75. The second-order valence-corrected chi connectivity index (χ2v) is 7.94. The lowest BCUT2D eigenvalue weighted by atomic mass is 10.0. The first-order valence-corrected chi connectivity index (χ1v) is 10.3. The first-order valence-electron chi connectivity index (χ1n) is 9.93. The summed E-state index contributed by atoms with van der Waals surface area (Å²) in [6.07, 6.45) is -1.00. The van der Waals surface area contributed by atoms with E-state index in [1.165, 1.54) is 11.0 Å². The largest absolute Gasteiger partial charge is 0.465 e. The van der Waals surface area contributed by atoms with Crippen LogP contribution in [0.15, 0.2) is 36.4 Å². The minimum atomic E-state index is -1.00. The summed E-state index contributed by atoms with van der Waals surface area (Å²) >= 11 is 6.11. The van der Waals surface area contributed by atoms with Gasteiger partial charge in [-0.3, -0.25) is 9.59 Å². The lowest BCUT2D eigenvalue weighted by Gasteiger charge is -2.36. The number of piperazine rings is 1. The third-order valence-electron chi connectivity index (χ3n) is 5.04. The summed E-state index contributed by atoms with van der Waals surface area (Å²) in [5.41, 5.74) is 0.778. The van der Waals surface area contributed by atoms with E-state index in [0.717, 1.165) is 0 Å². The monoisotopic (exact) mass is 445 g/mol. The van der Waals surface area contributed by atoms with Crippen molar-refractivity contribution < 1.29 is 19.5 Å². The molecule has 1 saturated heterocycles. The molecule has 0 radical (unpaired) electrons. The molecule has 31 heavy (non-hydrogen) atoms. The highest BCUT2D eigenvalue weighted by Gasteiger charge is 2.32. The summed E-state index contributed by atoms with van der Waals surface area (Å²) in [6, 6.07) is 9.72. The highest BCUT2D eigenvalue weighted by molar-refractivity contribution is 6.29. The molecule has 3 rings (SSSR count). The molecule has 1 atom stereocenters. The van der Waals surface area contributed by atoms with E-state index in [4.69, 9.17) is 16.7 Å². The number of hydrogen-bond acceptors (Lipinski definition) is 5. The van der Waals surface area contributed by atoms with Crippen LogP contribution >= 0.6 is 11.6 Å². The number of benzene rings is 1. The number of carbonyl (C=O) groups excluding carboxylic acids is 2. The van der Waals surface area contributed by atoms with E-state index >= 15 is 0 Å². The number of rotatable bonds is 5. The molecular formula is C21H24ClN5O4. The van der Waals surface area contributed by atoms with Gasteiger partial charge < -0.3 is 20.2 Å². The SMILES string of the molecule is CC(C)[C@H](NC(=O)c1cc(Cl)nc(-c2ccccc2)n1)C(=O)N1CCN(C(=O)O)CC1. The minimum Gasteiger partial charge on any atom is -0.465 e. The van der Waals surface area contributed by atoms with E-state index in [9.17, 15) is 14.4 Å². The number of aromatic nitrogens is 2. The van der Waals surface area contributed by atoms with Crippen LogP contribution in [0.5, 0.6) is 0 Å². The second kappa shape index (κ2) is 9.74. The molecule has 0 saturated carbocycles. The first kappa shape index (κ1) is 22.5. The van der Waals surface area contributed by atoms with Crippen LogP contribution in [-0.4, -0.2) is 75.0 Å². The number of carboxylic acid groups (broad SMARTS) is 1. The first-order chi connectivity index (χ1) is 14.8. The molecule has 10 heteroatoms.